The van der Waals surface area contributed by atoms with Gasteiger partial charge in [-0.1, -0.05) is 18.6 Å². The Balaban J connectivity index is 2.16. The summed E-state index contributed by atoms with van der Waals surface area (Å²) in [4.78, 5) is 22.9. The highest BCUT2D eigenvalue weighted by Gasteiger charge is 2.01. The molecule has 132 valence electrons. The van der Waals surface area contributed by atoms with Gasteiger partial charge in [-0.3, -0.25) is 9.59 Å². The average Bonchev–Trinajstić information content (AvgIpc) is 2.58. The maximum absolute atomic E-state index is 11.7. The summed E-state index contributed by atoms with van der Waals surface area (Å²) in [7, 11) is 0. The number of amides is 1. The van der Waals surface area contributed by atoms with E-state index in [1.54, 1.807) is 13.0 Å². The fourth-order valence-corrected chi connectivity index (χ4v) is 2.09. The molecule has 0 bridgehead atoms. The highest BCUT2D eigenvalue weighted by molar-refractivity contribution is 5.91. The fraction of sp³-hybridized carbons (Fsp3) is 0.474. The molecule has 1 amide bonds. The molecule has 0 saturated carbocycles. The molecule has 0 aliphatic rings. The summed E-state index contributed by atoms with van der Waals surface area (Å²) in [6, 6.07) is 7.57. The van der Waals surface area contributed by atoms with Crippen LogP contribution >= 0.6 is 0 Å². The number of nitrogens with one attached hydrogen (secondary N) is 1. The summed E-state index contributed by atoms with van der Waals surface area (Å²) in [5, 5.41) is 2.83. The van der Waals surface area contributed by atoms with E-state index < -0.39 is 0 Å². The lowest BCUT2D eigenvalue weighted by Crippen LogP contribution is -2.22. The first kappa shape index (κ1) is 19.7. The van der Waals surface area contributed by atoms with Crippen molar-refractivity contribution in [2.24, 2.45) is 0 Å². The highest BCUT2D eigenvalue weighted by Crippen LogP contribution is 2.12. The lowest BCUT2D eigenvalue weighted by molar-refractivity contribution is -0.143. The Morgan fingerprint density at radius 3 is 2.46 bits per heavy atom. The number of carbonyl (C=O) groups is 2. The Morgan fingerprint density at radius 1 is 1.04 bits per heavy atom. The van der Waals surface area contributed by atoms with Crippen LogP contribution in [0.15, 0.2) is 30.3 Å². The number of hydrogen-bond acceptors (Lipinski definition) is 4. The molecule has 24 heavy (non-hydrogen) atoms. The van der Waals surface area contributed by atoms with E-state index >= 15 is 0 Å². The zero-order valence-electron chi connectivity index (χ0n) is 14.5. The molecule has 0 aliphatic heterocycles. The van der Waals surface area contributed by atoms with Crippen LogP contribution in [-0.2, 0) is 14.3 Å². The normalized spacial score (nSPS) is 10.6. The van der Waals surface area contributed by atoms with Crippen LogP contribution < -0.4 is 10.1 Å². The molecule has 5 nitrogen and oxygen atoms in total. The molecule has 0 heterocycles. The summed E-state index contributed by atoms with van der Waals surface area (Å²) >= 11 is 0. The summed E-state index contributed by atoms with van der Waals surface area (Å²) in [6.07, 6.45) is 6.26. The second kappa shape index (κ2) is 12.2. The molecule has 1 aromatic rings. The number of carbonyl (C=O) groups excluding carboxylic acids is 2. The molecule has 0 atom stereocenters. The van der Waals surface area contributed by atoms with E-state index in [0.29, 0.717) is 26.2 Å². The third-order valence-electron chi connectivity index (χ3n) is 3.28. The number of benzene rings is 1. The first-order chi connectivity index (χ1) is 11.7. The zero-order chi connectivity index (χ0) is 17.6. The van der Waals surface area contributed by atoms with Crippen molar-refractivity contribution in [3.63, 3.8) is 0 Å². The Kier molecular flexibility index (Phi) is 10.0. The maximum Gasteiger partial charge on any atom is 0.305 e. The lowest BCUT2D eigenvalue weighted by Gasteiger charge is -2.04. The predicted octanol–water partition coefficient (Wildman–Crippen LogP) is 3.34. The van der Waals surface area contributed by atoms with Crippen LogP contribution in [0, 0.1) is 0 Å². The van der Waals surface area contributed by atoms with E-state index in [9.17, 15) is 9.59 Å². The Hall–Kier alpha value is -2.30. The minimum absolute atomic E-state index is 0.116. The first-order valence-corrected chi connectivity index (χ1v) is 8.50. The summed E-state index contributed by atoms with van der Waals surface area (Å²) in [5.41, 5.74) is 0.947. The van der Waals surface area contributed by atoms with Crippen molar-refractivity contribution in [2.75, 3.05) is 19.8 Å². The molecule has 0 unspecified atom stereocenters. The minimum atomic E-state index is -0.153. The summed E-state index contributed by atoms with van der Waals surface area (Å²) < 4.78 is 10.2. The topological polar surface area (TPSA) is 64.6 Å². The first-order valence-electron chi connectivity index (χ1n) is 8.50. The molecule has 0 radical (unpaired) electrons. The standard InChI is InChI=1S/C19H27NO4/c1-3-23-17-12-9-16(10-13-17)11-14-18(21)20-15-7-5-6-8-19(22)24-4-2/h9-14H,3-8,15H2,1-2H3,(H,20,21)/b14-11+. The number of rotatable bonds is 11. The Morgan fingerprint density at radius 2 is 1.79 bits per heavy atom. The van der Waals surface area contributed by atoms with Gasteiger partial charge in [0.2, 0.25) is 5.91 Å². The van der Waals surface area contributed by atoms with Crippen LogP contribution in [0.5, 0.6) is 5.75 Å². The number of ether oxygens (including phenoxy) is 2. The van der Waals surface area contributed by atoms with Crippen molar-refractivity contribution in [3.05, 3.63) is 35.9 Å². The summed E-state index contributed by atoms with van der Waals surface area (Å²) in [6.45, 7) is 5.41. The second-order valence-corrected chi connectivity index (χ2v) is 5.24. The van der Waals surface area contributed by atoms with Crippen molar-refractivity contribution in [3.8, 4) is 5.75 Å². The molecule has 0 saturated heterocycles. The van der Waals surface area contributed by atoms with Crippen molar-refractivity contribution >= 4 is 18.0 Å². The predicted molar refractivity (Wildman–Crippen MR) is 94.8 cm³/mol. The molecule has 0 fully saturated rings. The second-order valence-electron chi connectivity index (χ2n) is 5.24. The van der Waals surface area contributed by atoms with Gasteiger partial charge in [0.1, 0.15) is 5.75 Å². The minimum Gasteiger partial charge on any atom is -0.494 e. The van der Waals surface area contributed by atoms with Gasteiger partial charge in [-0.15, -0.1) is 0 Å². The number of unbranched alkanes of at least 4 members (excludes halogenated alkanes) is 2. The molecule has 1 N–H and O–H groups in total. The Bertz CT molecular complexity index is 523. The van der Waals surface area contributed by atoms with Crippen LogP contribution in [0.3, 0.4) is 0 Å². The molecule has 0 aliphatic carbocycles. The average molecular weight is 333 g/mol. The van der Waals surface area contributed by atoms with Crippen molar-refractivity contribution in [2.45, 2.75) is 39.5 Å². The smallest absolute Gasteiger partial charge is 0.305 e. The SMILES string of the molecule is CCOC(=O)CCCCCNC(=O)/C=C/c1ccc(OCC)cc1. The van der Waals surface area contributed by atoms with E-state index in [0.717, 1.165) is 30.6 Å². The monoisotopic (exact) mass is 333 g/mol. The van der Waals surface area contributed by atoms with E-state index in [1.807, 2.05) is 31.2 Å². The van der Waals surface area contributed by atoms with Crippen molar-refractivity contribution in [1.82, 2.24) is 5.32 Å². The Labute approximate surface area is 144 Å². The molecule has 5 heteroatoms. The van der Waals surface area contributed by atoms with Gasteiger partial charge in [0.15, 0.2) is 0 Å². The van der Waals surface area contributed by atoms with Crippen LogP contribution in [0.25, 0.3) is 6.08 Å². The van der Waals surface area contributed by atoms with E-state index in [2.05, 4.69) is 5.32 Å². The number of esters is 1. The molecular weight excluding hydrogens is 306 g/mol. The van der Waals surface area contributed by atoms with Gasteiger partial charge < -0.3 is 14.8 Å². The van der Waals surface area contributed by atoms with Gasteiger partial charge in [0.25, 0.3) is 0 Å². The molecule has 0 aromatic heterocycles. The lowest BCUT2D eigenvalue weighted by atomic mass is 10.2. The van der Waals surface area contributed by atoms with Crippen molar-refractivity contribution in [1.29, 1.82) is 0 Å². The van der Waals surface area contributed by atoms with Crippen molar-refractivity contribution < 1.29 is 19.1 Å². The zero-order valence-corrected chi connectivity index (χ0v) is 14.5. The molecule has 1 aromatic carbocycles. The van der Waals surface area contributed by atoms with Crippen LogP contribution in [0.2, 0.25) is 0 Å². The molecule has 0 spiro atoms. The van der Waals surface area contributed by atoms with Gasteiger partial charge in [-0.25, -0.2) is 0 Å². The highest BCUT2D eigenvalue weighted by atomic mass is 16.5. The fourth-order valence-electron chi connectivity index (χ4n) is 2.09. The van der Waals surface area contributed by atoms with E-state index in [-0.39, 0.29) is 11.9 Å². The number of hydrogen-bond donors (Lipinski definition) is 1. The quantitative estimate of drug-likeness (QED) is 0.383. The van der Waals surface area contributed by atoms with Crippen LogP contribution in [-0.4, -0.2) is 31.6 Å². The van der Waals surface area contributed by atoms with Gasteiger partial charge in [0.05, 0.1) is 13.2 Å². The van der Waals surface area contributed by atoms with E-state index in [4.69, 9.17) is 9.47 Å². The van der Waals surface area contributed by atoms with E-state index in [1.165, 1.54) is 6.08 Å². The molecular formula is C19H27NO4. The third kappa shape index (κ3) is 8.98. The maximum atomic E-state index is 11.7. The van der Waals surface area contributed by atoms with Gasteiger partial charge in [0, 0.05) is 19.0 Å². The molecule has 1 rings (SSSR count). The van der Waals surface area contributed by atoms with Crippen LogP contribution in [0.4, 0.5) is 0 Å². The third-order valence-corrected chi connectivity index (χ3v) is 3.28. The van der Waals surface area contributed by atoms with Gasteiger partial charge in [-0.05, 0) is 50.5 Å². The van der Waals surface area contributed by atoms with Gasteiger partial charge in [-0.2, -0.15) is 0 Å². The largest absolute Gasteiger partial charge is 0.494 e. The van der Waals surface area contributed by atoms with Gasteiger partial charge >= 0.3 is 5.97 Å². The summed E-state index contributed by atoms with van der Waals surface area (Å²) in [5.74, 6) is 0.552. The van der Waals surface area contributed by atoms with Crippen LogP contribution in [0.1, 0.15) is 45.1 Å².